The number of carbonyl (C=O) groups is 1. The Hall–Kier alpha value is -2.91. The number of fused-ring (bicyclic) bond motifs is 1. The Bertz CT molecular complexity index is 997. The first-order valence-corrected chi connectivity index (χ1v) is 8.17. The number of amides is 1. The molecule has 3 rings (SSSR count). The lowest BCUT2D eigenvalue weighted by Crippen LogP contribution is -2.32. The fourth-order valence-corrected chi connectivity index (χ4v) is 3.57. The van der Waals surface area contributed by atoms with Crippen molar-refractivity contribution in [3.63, 3.8) is 0 Å². The summed E-state index contributed by atoms with van der Waals surface area (Å²) in [5.74, 6) is 2.01. The van der Waals surface area contributed by atoms with Crippen molar-refractivity contribution in [3.8, 4) is 23.5 Å². The maximum Gasteiger partial charge on any atom is 0.263 e. The number of benzene rings is 1. The Labute approximate surface area is 143 Å². The Kier molecular flexibility index (Phi) is 4.45. The van der Waals surface area contributed by atoms with Gasteiger partial charge in [-0.15, -0.1) is 17.8 Å². The van der Waals surface area contributed by atoms with E-state index in [1.54, 1.807) is 0 Å². The van der Waals surface area contributed by atoms with Crippen LogP contribution < -0.4 is 10.9 Å². The summed E-state index contributed by atoms with van der Waals surface area (Å²) in [6.07, 6.45) is 6.52. The highest BCUT2D eigenvalue weighted by Crippen LogP contribution is 2.35. The van der Waals surface area contributed by atoms with Crippen LogP contribution in [0.2, 0.25) is 0 Å². The minimum absolute atomic E-state index is 0.105. The number of terminal acetylenes is 1. The molecule has 2 heterocycles. The molecule has 1 N–H and O–H groups in total. The van der Waals surface area contributed by atoms with Gasteiger partial charge in [0.05, 0.1) is 18.3 Å². The van der Waals surface area contributed by atoms with Crippen LogP contribution in [0.1, 0.15) is 4.88 Å². The number of aromatic nitrogens is 2. The fraction of sp³-hybridized carbons (Fsp3) is 0.167. The molecule has 3 aromatic rings. The molecule has 0 spiro atoms. The highest BCUT2D eigenvalue weighted by Gasteiger charge is 2.17. The van der Waals surface area contributed by atoms with E-state index in [0.717, 1.165) is 16.0 Å². The third kappa shape index (κ3) is 2.94. The van der Waals surface area contributed by atoms with Gasteiger partial charge >= 0.3 is 0 Å². The van der Waals surface area contributed by atoms with Crippen LogP contribution in [0.3, 0.4) is 0 Å². The van der Waals surface area contributed by atoms with Crippen LogP contribution in [-0.4, -0.2) is 22.0 Å². The van der Waals surface area contributed by atoms with Crippen molar-refractivity contribution in [3.05, 3.63) is 51.9 Å². The summed E-state index contributed by atoms with van der Waals surface area (Å²) in [6.45, 7) is 2.00. The van der Waals surface area contributed by atoms with Gasteiger partial charge in [-0.1, -0.05) is 36.3 Å². The number of thiophene rings is 1. The Morgan fingerprint density at radius 3 is 2.83 bits per heavy atom. The van der Waals surface area contributed by atoms with Crippen molar-refractivity contribution in [1.82, 2.24) is 14.9 Å². The number of nitrogens with one attached hydrogen (secondary N) is 1. The van der Waals surface area contributed by atoms with Gasteiger partial charge in [-0.05, 0) is 12.5 Å². The Morgan fingerprint density at radius 2 is 2.12 bits per heavy atom. The van der Waals surface area contributed by atoms with E-state index >= 15 is 0 Å². The Morgan fingerprint density at radius 1 is 1.38 bits per heavy atom. The van der Waals surface area contributed by atoms with Crippen LogP contribution in [0, 0.1) is 19.3 Å². The molecule has 0 aliphatic rings. The summed E-state index contributed by atoms with van der Waals surface area (Å²) in [5.41, 5.74) is 1.63. The smallest absolute Gasteiger partial charge is 0.263 e. The molecule has 0 unspecified atom stereocenters. The molecule has 6 heteroatoms. The topological polar surface area (TPSA) is 64.0 Å². The first kappa shape index (κ1) is 16.0. The molecule has 0 saturated carbocycles. The highest BCUT2D eigenvalue weighted by molar-refractivity contribution is 7.19. The number of hydrogen-bond acceptors (Lipinski definition) is 4. The summed E-state index contributed by atoms with van der Waals surface area (Å²) < 4.78 is 1.31. The zero-order valence-corrected chi connectivity index (χ0v) is 13.9. The summed E-state index contributed by atoms with van der Waals surface area (Å²) in [7, 11) is 0. The molecule has 0 saturated heterocycles. The third-order valence-corrected chi connectivity index (χ3v) is 4.63. The second-order valence-electron chi connectivity index (χ2n) is 5.24. The monoisotopic (exact) mass is 337 g/mol. The van der Waals surface area contributed by atoms with Gasteiger partial charge < -0.3 is 5.32 Å². The van der Waals surface area contributed by atoms with Crippen LogP contribution in [0.25, 0.3) is 21.3 Å². The molecule has 0 aliphatic heterocycles. The number of aryl methyl sites for hydroxylation is 1. The number of nitrogens with zero attached hydrogens (tertiary/aromatic N) is 2. The van der Waals surface area contributed by atoms with Gasteiger partial charge in [0.25, 0.3) is 5.56 Å². The molecule has 5 nitrogen and oxygen atoms in total. The molecular formula is C18H15N3O2S. The highest BCUT2D eigenvalue weighted by atomic mass is 32.1. The molecule has 120 valence electrons. The average molecular weight is 337 g/mol. The van der Waals surface area contributed by atoms with Crippen molar-refractivity contribution < 1.29 is 4.79 Å². The van der Waals surface area contributed by atoms with Gasteiger partial charge in [0.1, 0.15) is 11.4 Å². The molecule has 24 heavy (non-hydrogen) atoms. The molecule has 0 bridgehead atoms. The predicted octanol–water partition coefficient (Wildman–Crippen LogP) is 2.18. The van der Waals surface area contributed by atoms with E-state index in [1.807, 2.05) is 37.3 Å². The molecule has 0 radical (unpaired) electrons. The summed E-state index contributed by atoms with van der Waals surface area (Å²) in [5, 5.41) is 3.10. The molecular weight excluding hydrogens is 322 g/mol. The molecule has 0 atom stereocenters. The minimum atomic E-state index is -0.315. The normalized spacial score (nSPS) is 10.5. The lowest BCUT2D eigenvalue weighted by Gasteiger charge is -2.06. The van der Waals surface area contributed by atoms with E-state index < -0.39 is 0 Å². The van der Waals surface area contributed by atoms with Crippen molar-refractivity contribution in [2.75, 3.05) is 6.54 Å². The van der Waals surface area contributed by atoms with E-state index in [-0.39, 0.29) is 24.6 Å². The first-order chi connectivity index (χ1) is 11.6. The maximum absolute atomic E-state index is 12.9. The van der Waals surface area contributed by atoms with Gasteiger partial charge in [-0.3, -0.25) is 14.2 Å². The Balaban J connectivity index is 2.10. The van der Waals surface area contributed by atoms with Crippen LogP contribution in [0.5, 0.6) is 0 Å². The minimum Gasteiger partial charge on any atom is -0.344 e. The first-order valence-electron chi connectivity index (χ1n) is 7.36. The van der Waals surface area contributed by atoms with Crippen LogP contribution in [0.4, 0.5) is 0 Å². The van der Waals surface area contributed by atoms with E-state index in [0.29, 0.717) is 10.2 Å². The lowest BCUT2D eigenvalue weighted by atomic mass is 10.0. The van der Waals surface area contributed by atoms with Gasteiger partial charge in [0.2, 0.25) is 5.91 Å². The van der Waals surface area contributed by atoms with Gasteiger partial charge in [0.15, 0.2) is 0 Å². The molecule has 0 aliphatic carbocycles. The average Bonchev–Trinajstić information content (AvgIpc) is 2.93. The standard InChI is InChI=1S/C18H15N3O2S/c1-3-9-19-14(22)10-21-11-20-17-16(18(21)23)15(12(2)24-17)13-7-5-4-6-8-13/h1,4-8,11H,9-10H2,2H3,(H,19,22). The molecule has 1 amide bonds. The van der Waals surface area contributed by atoms with Crippen molar-refractivity contribution in [2.45, 2.75) is 13.5 Å². The SMILES string of the molecule is C#CCNC(=O)Cn1cnc2sc(C)c(-c3ccccc3)c2c1=O. The van der Waals surface area contributed by atoms with Crippen LogP contribution in [-0.2, 0) is 11.3 Å². The second kappa shape index (κ2) is 6.69. The van der Waals surface area contributed by atoms with E-state index in [4.69, 9.17) is 6.42 Å². The zero-order valence-electron chi connectivity index (χ0n) is 13.1. The van der Waals surface area contributed by atoms with Crippen molar-refractivity contribution >= 4 is 27.5 Å². The van der Waals surface area contributed by atoms with Crippen LogP contribution in [0.15, 0.2) is 41.5 Å². The quantitative estimate of drug-likeness (QED) is 0.742. The van der Waals surface area contributed by atoms with E-state index in [2.05, 4.69) is 16.2 Å². The molecule has 2 aromatic heterocycles. The summed E-state index contributed by atoms with van der Waals surface area (Å²) >= 11 is 1.48. The molecule has 1 aromatic carbocycles. The van der Waals surface area contributed by atoms with E-state index in [1.165, 1.54) is 22.2 Å². The largest absolute Gasteiger partial charge is 0.344 e. The summed E-state index contributed by atoms with van der Waals surface area (Å²) in [6, 6.07) is 9.72. The van der Waals surface area contributed by atoms with Crippen LogP contribution >= 0.6 is 11.3 Å². The van der Waals surface area contributed by atoms with Gasteiger partial charge in [-0.2, -0.15) is 0 Å². The van der Waals surface area contributed by atoms with Crippen molar-refractivity contribution in [1.29, 1.82) is 0 Å². The lowest BCUT2D eigenvalue weighted by molar-refractivity contribution is -0.121. The van der Waals surface area contributed by atoms with Gasteiger partial charge in [0, 0.05) is 10.4 Å². The van der Waals surface area contributed by atoms with Crippen molar-refractivity contribution in [2.24, 2.45) is 0 Å². The summed E-state index contributed by atoms with van der Waals surface area (Å²) in [4.78, 5) is 30.7. The maximum atomic E-state index is 12.9. The zero-order chi connectivity index (χ0) is 17.1. The third-order valence-electron chi connectivity index (χ3n) is 3.62. The number of carbonyl (C=O) groups excluding carboxylic acids is 1. The number of rotatable bonds is 4. The fourth-order valence-electron chi connectivity index (χ4n) is 2.56. The van der Waals surface area contributed by atoms with E-state index in [9.17, 15) is 9.59 Å². The molecule has 0 fully saturated rings. The second-order valence-corrected chi connectivity index (χ2v) is 6.44. The predicted molar refractivity (Wildman–Crippen MR) is 95.9 cm³/mol. The number of hydrogen-bond donors (Lipinski definition) is 1. The van der Waals surface area contributed by atoms with Gasteiger partial charge in [-0.25, -0.2) is 4.98 Å².